The minimum atomic E-state index is -1.26. The van der Waals surface area contributed by atoms with Gasteiger partial charge in [-0.3, -0.25) is 9.69 Å². The number of anilines is 1. The summed E-state index contributed by atoms with van der Waals surface area (Å²) in [6.07, 6.45) is 2.94. The average Bonchev–Trinajstić information content (AvgIpc) is 2.92. The first kappa shape index (κ1) is 34.7. The lowest BCUT2D eigenvalue weighted by atomic mass is 9.96. The molecule has 2 aliphatic rings. The molecule has 0 aromatic heterocycles. The van der Waals surface area contributed by atoms with Crippen LogP contribution in [0.1, 0.15) is 37.0 Å². The number of nitrogens with zero attached hydrogens (tertiary/aromatic N) is 3. The van der Waals surface area contributed by atoms with E-state index in [0.717, 1.165) is 45.6 Å². The predicted molar refractivity (Wildman–Crippen MR) is 158 cm³/mol. The zero-order chi connectivity index (χ0) is 31.4. The van der Waals surface area contributed by atoms with Crippen LogP contribution >= 0.6 is 11.6 Å². The van der Waals surface area contributed by atoms with Gasteiger partial charge in [0.2, 0.25) is 0 Å². The third-order valence-electron chi connectivity index (χ3n) is 6.57. The lowest BCUT2D eigenvalue weighted by molar-refractivity contribution is -0.134. The van der Waals surface area contributed by atoms with E-state index >= 15 is 0 Å². The van der Waals surface area contributed by atoms with E-state index in [2.05, 4.69) is 10.2 Å². The minimum Gasteiger partial charge on any atom is -0.490 e. The van der Waals surface area contributed by atoms with Gasteiger partial charge in [-0.25, -0.2) is 14.4 Å². The van der Waals surface area contributed by atoms with Gasteiger partial charge in [-0.15, -0.1) is 0 Å². The van der Waals surface area contributed by atoms with Gasteiger partial charge in [0.25, 0.3) is 5.91 Å². The molecule has 3 amide bonds. The number of nitrogens with one attached hydrogen (secondary N) is 1. The van der Waals surface area contributed by atoms with Crippen molar-refractivity contribution in [2.24, 2.45) is 5.92 Å². The maximum atomic E-state index is 12.9. The topological polar surface area (TPSA) is 175 Å². The van der Waals surface area contributed by atoms with E-state index in [9.17, 15) is 19.2 Å². The summed E-state index contributed by atoms with van der Waals surface area (Å²) in [5.41, 5.74) is 6.63. The Morgan fingerprint density at radius 1 is 1.14 bits per heavy atom. The molecule has 0 radical (unpaired) electrons. The lowest BCUT2D eigenvalue weighted by Crippen LogP contribution is -2.50. The summed E-state index contributed by atoms with van der Waals surface area (Å²) in [4.78, 5) is 50.1. The van der Waals surface area contributed by atoms with Crippen LogP contribution in [0.4, 0.5) is 10.5 Å². The van der Waals surface area contributed by atoms with Gasteiger partial charge in [-0.1, -0.05) is 11.6 Å². The van der Waals surface area contributed by atoms with E-state index in [4.69, 9.17) is 37.0 Å². The maximum absolute atomic E-state index is 12.9. The number of nitrogens with two attached hydrogens (primary N) is 1. The fraction of sp³-hybridized carbons (Fsp3) is 0.571. The van der Waals surface area contributed by atoms with Crippen LogP contribution in [0.5, 0.6) is 5.75 Å². The summed E-state index contributed by atoms with van der Waals surface area (Å²) in [5, 5.41) is 18.9. The number of urea groups is 1. The van der Waals surface area contributed by atoms with Gasteiger partial charge < -0.3 is 40.5 Å². The van der Waals surface area contributed by atoms with E-state index in [-0.39, 0.29) is 24.1 Å². The Bertz CT molecular complexity index is 1110. The third kappa shape index (κ3) is 11.7. The molecule has 2 saturated heterocycles. The van der Waals surface area contributed by atoms with Gasteiger partial charge in [0.1, 0.15) is 5.75 Å². The van der Waals surface area contributed by atoms with E-state index in [1.54, 1.807) is 31.1 Å². The number of carboxylic acids is 2. The summed E-state index contributed by atoms with van der Waals surface area (Å²) in [6.45, 7) is 9.03. The molecule has 1 aromatic rings. The number of hydrogen-bond acceptors (Lipinski definition) is 8. The number of morpholine rings is 1. The number of aliphatic carboxylic acids is 2. The van der Waals surface area contributed by atoms with E-state index in [1.165, 1.54) is 0 Å². The summed E-state index contributed by atoms with van der Waals surface area (Å²) >= 11 is 6.15. The first-order valence-electron chi connectivity index (χ1n) is 13.7. The molecule has 42 heavy (non-hydrogen) atoms. The van der Waals surface area contributed by atoms with Gasteiger partial charge in [0.15, 0.2) is 0 Å². The molecule has 0 spiro atoms. The van der Waals surface area contributed by atoms with Crippen LogP contribution in [0.2, 0.25) is 5.02 Å². The van der Waals surface area contributed by atoms with Crippen molar-refractivity contribution < 1.29 is 38.9 Å². The molecule has 2 aliphatic heterocycles. The number of carbonyl (C=O) groups excluding carboxylic acids is 2. The van der Waals surface area contributed by atoms with Gasteiger partial charge in [-0.05, 0) is 38.7 Å². The van der Waals surface area contributed by atoms with Crippen molar-refractivity contribution in [2.45, 2.75) is 38.9 Å². The Morgan fingerprint density at radius 2 is 1.76 bits per heavy atom. The first-order valence-corrected chi connectivity index (χ1v) is 14.1. The van der Waals surface area contributed by atoms with E-state index in [0.29, 0.717) is 53.2 Å². The van der Waals surface area contributed by atoms with Crippen molar-refractivity contribution in [2.75, 3.05) is 65.7 Å². The molecule has 2 heterocycles. The predicted octanol–water partition coefficient (Wildman–Crippen LogP) is 2.25. The fourth-order valence-electron chi connectivity index (χ4n) is 4.57. The second-order valence-electron chi connectivity index (χ2n) is 10.6. The number of likely N-dealkylation sites (tertiary alicyclic amines) is 1. The highest BCUT2D eigenvalue weighted by molar-refractivity contribution is 6.33. The Labute approximate surface area is 251 Å². The molecule has 13 nitrogen and oxygen atoms in total. The standard InChI is InChI=1S/C24H38ClN5O4.C4H4O4/c1-16(2)34-22-12-21(26)20(25)11-19(22)23(31)27-13-18-15-29(9-10-33-18)14-17-5-7-30(8-6-17)24(32)28(3)4;5-3(6)1-2-4(7)8/h11-12,16-18H,5-10,13-15,26H2,1-4H3,(H,27,31);1-2H,(H,5,6)(H,7,8). The van der Waals surface area contributed by atoms with Crippen LogP contribution in [0, 0.1) is 5.92 Å². The normalized spacial score (nSPS) is 17.9. The first-order chi connectivity index (χ1) is 19.8. The van der Waals surface area contributed by atoms with Crippen molar-refractivity contribution >= 4 is 41.2 Å². The number of hydrogen-bond donors (Lipinski definition) is 4. The molecular weight excluding hydrogens is 570 g/mol. The van der Waals surface area contributed by atoms with Crippen LogP contribution in [0.25, 0.3) is 0 Å². The Kier molecular flexibility index (Phi) is 13.8. The van der Waals surface area contributed by atoms with Crippen LogP contribution in [0.15, 0.2) is 24.3 Å². The van der Waals surface area contributed by atoms with Crippen molar-refractivity contribution in [1.82, 2.24) is 20.0 Å². The Hall–Kier alpha value is -3.55. The second kappa shape index (κ2) is 16.8. The van der Waals surface area contributed by atoms with E-state index in [1.807, 2.05) is 18.7 Å². The molecule has 5 N–H and O–H groups in total. The number of carbonyl (C=O) groups is 4. The van der Waals surface area contributed by atoms with Crippen LogP contribution in [-0.2, 0) is 14.3 Å². The number of carboxylic acid groups (broad SMARTS) is 2. The minimum absolute atomic E-state index is 0.0879. The monoisotopic (exact) mass is 611 g/mol. The van der Waals surface area contributed by atoms with Gasteiger partial charge >= 0.3 is 18.0 Å². The summed E-state index contributed by atoms with van der Waals surface area (Å²) in [5.74, 6) is -1.80. The van der Waals surface area contributed by atoms with Crippen LogP contribution < -0.4 is 15.8 Å². The van der Waals surface area contributed by atoms with Crippen molar-refractivity contribution in [3.8, 4) is 5.75 Å². The summed E-state index contributed by atoms with van der Waals surface area (Å²) in [7, 11) is 3.59. The number of amides is 3. The second-order valence-corrected chi connectivity index (χ2v) is 11.0. The molecule has 3 rings (SSSR count). The number of nitrogen functional groups attached to an aromatic ring is 1. The Balaban J connectivity index is 0.000000675. The van der Waals surface area contributed by atoms with Crippen molar-refractivity contribution in [1.29, 1.82) is 0 Å². The molecule has 1 atom stereocenters. The highest BCUT2D eigenvalue weighted by atomic mass is 35.5. The SMILES string of the molecule is CC(C)Oc1cc(N)c(Cl)cc1C(=O)NCC1CN(CC2CCN(C(=O)N(C)C)CC2)CCO1.O=C(O)C=CC(=O)O. The summed E-state index contributed by atoms with van der Waals surface area (Å²) < 4.78 is 11.7. The molecule has 1 aromatic carbocycles. The molecule has 0 saturated carbocycles. The van der Waals surface area contributed by atoms with Crippen molar-refractivity contribution in [3.63, 3.8) is 0 Å². The molecule has 0 aliphatic carbocycles. The van der Waals surface area contributed by atoms with Gasteiger partial charge in [0, 0.05) is 71.6 Å². The third-order valence-corrected chi connectivity index (χ3v) is 6.90. The number of ether oxygens (including phenoxy) is 2. The lowest BCUT2D eigenvalue weighted by Gasteiger charge is -2.38. The Morgan fingerprint density at radius 3 is 2.31 bits per heavy atom. The molecule has 0 bridgehead atoms. The fourth-order valence-corrected chi connectivity index (χ4v) is 4.73. The van der Waals surface area contributed by atoms with Gasteiger partial charge in [0.05, 0.1) is 35.1 Å². The number of benzene rings is 1. The quantitative estimate of drug-likeness (QED) is 0.239. The number of piperidine rings is 1. The molecule has 2 fully saturated rings. The van der Waals surface area contributed by atoms with Crippen LogP contribution in [-0.4, -0.2) is 121 Å². The molecular formula is C28H42ClN5O8. The van der Waals surface area contributed by atoms with Gasteiger partial charge in [-0.2, -0.15) is 0 Å². The number of rotatable bonds is 9. The molecule has 14 heteroatoms. The average molecular weight is 612 g/mol. The molecule has 234 valence electrons. The summed E-state index contributed by atoms with van der Waals surface area (Å²) in [6, 6.07) is 3.23. The van der Waals surface area contributed by atoms with Crippen molar-refractivity contribution in [3.05, 3.63) is 34.9 Å². The van der Waals surface area contributed by atoms with Crippen LogP contribution in [0.3, 0.4) is 0 Å². The largest absolute Gasteiger partial charge is 0.490 e. The zero-order valence-electron chi connectivity index (χ0n) is 24.5. The maximum Gasteiger partial charge on any atom is 0.328 e. The molecule has 1 unspecified atom stereocenters. The highest BCUT2D eigenvalue weighted by Crippen LogP contribution is 2.30. The van der Waals surface area contributed by atoms with E-state index < -0.39 is 11.9 Å². The zero-order valence-corrected chi connectivity index (χ0v) is 25.3. The number of halogens is 1. The smallest absolute Gasteiger partial charge is 0.328 e. The highest BCUT2D eigenvalue weighted by Gasteiger charge is 2.28.